The SMILES string of the molecule is COc1ccc(C)cc1C(CCC(=O)O)N(C)C. The number of rotatable bonds is 6. The molecule has 0 aliphatic rings. The second-order valence-electron chi connectivity index (χ2n) is 4.66. The molecule has 0 heterocycles. The van der Waals surface area contributed by atoms with Crippen LogP contribution < -0.4 is 4.74 Å². The summed E-state index contributed by atoms with van der Waals surface area (Å²) in [5, 5.41) is 8.82. The van der Waals surface area contributed by atoms with Crippen LogP contribution in [0.1, 0.15) is 30.0 Å². The summed E-state index contributed by atoms with van der Waals surface area (Å²) < 4.78 is 5.36. The first-order valence-electron chi connectivity index (χ1n) is 5.98. The van der Waals surface area contributed by atoms with Crippen LogP contribution in [-0.4, -0.2) is 37.2 Å². The summed E-state index contributed by atoms with van der Waals surface area (Å²) in [6.45, 7) is 2.02. The van der Waals surface area contributed by atoms with E-state index < -0.39 is 5.97 Å². The quantitative estimate of drug-likeness (QED) is 0.843. The Kier molecular flexibility index (Phi) is 5.16. The van der Waals surface area contributed by atoms with Gasteiger partial charge in [-0.25, -0.2) is 0 Å². The topological polar surface area (TPSA) is 49.8 Å². The molecule has 0 aliphatic heterocycles. The number of hydrogen-bond donors (Lipinski definition) is 1. The molecule has 0 radical (unpaired) electrons. The average Bonchev–Trinajstić information content (AvgIpc) is 2.28. The molecular weight excluding hydrogens is 230 g/mol. The van der Waals surface area contributed by atoms with Crippen molar-refractivity contribution in [1.82, 2.24) is 4.90 Å². The summed E-state index contributed by atoms with van der Waals surface area (Å²) in [7, 11) is 5.54. The van der Waals surface area contributed by atoms with E-state index in [1.165, 1.54) is 0 Å². The molecule has 1 atom stereocenters. The van der Waals surface area contributed by atoms with E-state index in [2.05, 4.69) is 6.07 Å². The zero-order valence-electron chi connectivity index (χ0n) is 11.4. The summed E-state index contributed by atoms with van der Waals surface area (Å²) in [5.74, 6) is 0.0400. The Bertz CT molecular complexity index is 416. The monoisotopic (exact) mass is 251 g/mol. The molecule has 0 fully saturated rings. The van der Waals surface area contributed by atoms with Crippen LogP contribution in [0.25, 0.3) is 0 Å². The Balaban J connectivity index is 3.04. The maximum Gasteiger partial charge on any atom is 0.303 e. The number of nitrogens with zero attached hydrogens (tertiary/aromatic N) is 1. The Morgan fingerprint density at radius 3 is 2.61 bits per heavy atom. The van der Waals surface area contributed by atoms with Crippen molar-refractivity contribution in [2.45, 2.75) is 25.8 Å². The number of aliphatic carboxylic acids is 1. The summed E-state index contributed by atoms with van der Waals surface area (Å²) >= 11 is 0. The van der Waals surface area contributed by atoms with E-state index in [1.54, 1.807) is 7.11 Å². The molecule has 18 heavy (non-hydrogen) atoms. The zero-order valence-corrected chi connectivity index (χ0v) is 11.4. The van der Waals surface area contributed by atoms with Crippen LogP contribution in [0.15, 0.2) is 18.2 Å². The van der Waals surface area contributed by atoms with Crippen LogP contribution in [0.3, 0.4) is 0 Å². The maximum absolute atomic E-state index is 10.7. The van der Waals surface area contributed by atoms with Crippen molar-refractivity contribution >= 4 is 5.97 Å². The highest BCUT2D eigenvalue weighted by Crippen LogP contribution is 2.32. The number of hydrogen-bond acceptors (Lipinski definition) is 3. The zero-order chi connectivity index (χ0) is 13.7. The fourth-order valence-electron chi connectivity index (χ4n) is 2.07. The minimum Gasteiger partial charge on any atom is -0.496 e. The number of aryl methyl sites for hydroxylation is 1. The normalized spacial score (nSPS) is 12.5. The number of carbonyl (C=O) groups is 1. The number of methoxy groups -OCH3 is 1. The van der Waals surface area contributed by atoms with Gasteiger partial charge in [-0.2, -0.15) is 0 Å². The highest BCUT2D eigenvalue weighted by Gasteiger charge is 2.19. The smallest absolute Gasteiger partial charge is 0.303 e. The molecular formula is C14H21NO3. The highest BCUT2D eigenvalue weighted by molar-refractivity contribution is 5.66. The molecule has 100 valence electrons. The van der Waals surface area contributed by atoms with Gasteiger partial charge < -0.3 is 14.7 Å². The molecule has 1 N–H and O–H groups in total. The van der Waals surface area contributed by atoms with Crippen LogP contribution in [0.2, 0.25) is 0 Å². The van der Waals surface area contributed by atoms with Crippen LogP contribution in [-0.2, 0) is 4.79 Å². The third-order valence-electron chi connectivity index (χ3n) is 3.00. The van der Waals surface area contributed by atoms with Crippen LogP contribution >= 0.6 is 0 Å². The van der Waals surface area contributed by atoms with Crippen molar-refractivity contribution in [1.29, 1.82) is 0 Å². The van der Waals surface area contributed by atoms with Gasteiger partial charge >= 0.3 is 5.97 Å². The van der Waals surface area contributed by atoms with Gasteiger partial charge in [-0.15, -0.1) is 0 Å². The Hall–Kier alpha value is -1.55. The molecule has 1 aromatic rings. The minimum atomic E-state index is -0.770. The van der Waals surface area contributed by atoms with Crippen molar-refractivity contribution in [3.05, 3.63) is 29.3 Å². The van der Waals surface area contributed by atoms with E-state index in [9.17, 15) is 4.79 Å². The fraction of sp³-hybridized carbons (Fsp3) is 0.500. The van der Waals surface area contributed by atoms with Crippen LogP contribution in [0.4, 0.5) is 0 Å². The van der Waals surface area contributed by atoms with Crippen molar-refractivity contribution < 1.29 is 14.6 Å². The molecule has 0 bridgehead atoms. The first kappa shape index (κ1) is 14.5. The second-order valence-corrected chi connectivity index (χ2v) is 4.66. The lowest BCUT2D eigenvalue weighted by molar-refractivity contribution is -0.137. The first-order chi connectivity index (χ1) is 8.45. The lowest BCUT2D eigenvalue weighted by atomic mass is 9.98. The predicted octanol–water partition coefficient (Wildman–Crippen LogP) is 2.47. The highest BCUT2D eigenvalue weighted by atomic mass is 16.5. The Labute approximate surface area is 108 Å². The molecule has 0 aromatic heterocycles. The van der Waals surface area contributed by atoms with E-state index in [0.29, 0.717) is 6.42 Å². The Morgan fingerprint density at radius 2 is 2.11 bits per heavy atom. The lowest BCUT2D eigenvalue weighted by Crippen LogP contribution is -2.21. The maximum atomic E-state index is 10.7. The predicted molar refractivity (Wildman–Crippen MR) is 71.0 cm³/mol. The third kappa shape index (κ3) is 3.74. The standard InChI is InChI=1S/C14H21NO3/c1-10-5-7-13(18-4)11(9-10)12(15(2)3)6-8-14(16)17/h5,7,9,12H,6,8H2,1-4H3,(H,16,17). The summed E-state index contributed by atoms with van der Waals surface area (Å²) in [6, 6.07) is 6.04. The number of carboxylic acids is 1. The largest absolute Gasteiger partial charge is 0.496 e. The average molecular weight is 251 g/mol. The van der Waals surface area contributed by atoms with E-state index in [0.717, 1.165) is 16.9 Å². The van der Waals surface area contributed by atoms with Crippen LogP contribution in [0.5, 0.6) is 5.75 Å². The van der Waals surface area contributed by atoms with E-state index in [4.69, 9.17) is 9.84 Å². The molecule has 4 nitrogen and oxygen atoms in total. The van der Waals surface area contributed by atoms with Crippen molar-refractivity contribution in [2.75, 3.05) is 21.2 Å². The number of benzene rings is 1. The number of carboxylic acid groups (broad SMARTS) is 1. The van der Waals surface area contributed by atoms with Gasteiger partial charge in [0, 0.05) is 18.0 Å². The fourth-order valence-corrected chi connectivity index (χ4v) is 2.07. The second kappa shape index (κ2) is 6.40. The van der Waals surface area contributed by atoms with E-state index in [1.807, 2.05) is 38.1 Å². The number of ether oxygens (including phenoxy) is 1. The summed E-state index contributed by atoms with van der Waals surface area (Å²) in [6.07, 6.45) is 0.724. The summed E-state index contributed by atoms with van der Waals surface area (Å²) in [4.78, 5) is 12.8. The molecule has 1 rings (SSSR count). The molecule has 4 heteroatoms. The third-order valence-corrected chi connectivity index (χ3v) is 3.00. The minimum absolute atomic E-state index is 0.0518. The van der Waals surface area contributed by atoms with Gasteiger partial charge in [-0.05, 0) is 33.5 Å². The van der Waals surface area contributed by atoms with Crippen LogP contribution in [0, 0.1) is 6.92 Å². The molecule has 0 amide bonds. The molecule has 0 spiro atoms. The van der Waals surface area contributed by atoms with Gasteiger partial charge in [-0.3, -0.25) is 4.79 Å². The van der Waals surface area contributed by atoms with Gasteiger partial charge in [0.15, 0.2) is 0 Å². The van der Waals surface area contributed by atoms with Crippen molar-refractivity contribution in [3.8, 4) is 5.75 Å². The molecule has 1 aromatic carbocycles. The van der Waals surface area contributed by atoms with Gasteiger partial charge in [0.1, 0.15) is 5.75 Å². The molecule has 0 saturated heterocycles. The van der Waals surface area contributed by atoms with Gasteiger partial charge in [0.2, 0.25) is 0 Å². The molecule has 0 saturated carbocycles. The molecule has 0 aliphatic carbocycles. The van der Waals surface area contributed by atoms with E-state index in [-0.39, 0.29) is 12.5 Å². The van der Waals surface area contributed by atoms with Gasteiger partial charge in [0.25, 0.3) is 0 Å². The van der Waals surface area contributed by atoms with E-state index >= 15 is 0 Å². The lowest BCUT2D eigenvalue weighted by Gasteiger charge is -2.26. The van der Waals surface area contributed by atoms with Crippen molar-refractivity contribution in [2.24, 2.45) is 0 Å². The van der Waals surface area contributed by atoms with Crippen molar-refractivity contribution in [3.63, 3.8) is 0 Å². The summed E-state index contributed by atoms with van der Waals surface area (Å²) in [5.41, 5.74) is 2.19. The first-order valence-corrected chi connectivity index (χ1v) is 5.98. The molecule has 1 unspecified atom stereocenters. The van der Waals surface area contributed by atoms with Gasteiger partial charge in [0.05, 0.1) is 7.11 Å². The Morgan fingerprint density at radius 1 is 1.44 bits per heavy atom. The van der Waals surface area contributed by atoms with Gasteiger partial charge in [-0.1, -0.05) is 17.7 Å².